The van der Waals surface area contributed by atoms with Gasteiger partial charge in [0.15, 0.2) is 0 Å². The highest BCUT2D eigenvalue weighted by atomic mass is 32.2. The number of allylic oxidation sites excluding steroid dienone is 1. The average Bonchev–Trinajstić information content (AvgIpc) is 3.39. The summed E-state index contributed by atoms with van der Waals surface area (Å²) in [6, 6.07) is 7.90. The van der Waals surface area contributed by atoms with Crippen molar-refractivity contribution in [3.8, 4) is 0 Å². The van der Waals surface area contributed by atoms with Gasteiger partial charge in [0.25, 0.3) is 11.1 Å². The van der Waals surface area contributed by atoms with Crippen LogP contribution in [0.5, 0.6) is 0 Å². The number of rotatable bonds is 5. The lowest BCUT2D eigenvalue weighted by Gasteiger charge is -2.18. The molecule has 0 N–H and O–H groups in total. The van der Waals surface area contributed by atoms with E-state index < -0.39 is 11.1 Å². The van der Waals surface area contributed by atoms with E-state index in [1.54, 1.807) is 11.0 Å². The third-order valence-electron chi connectivity index (χ3n) is 5.06. The summed E-state index contributed by atoms with van der Waals surface area (Å²) in [4.78, 5) is 40.6. The maximum Gasteiger partial charge on any atom is 0.294 e. The van der Waals surface area contributed by atoms with Gasteiger partial charge in [0.05, 0.1) is 4.91 Å². The van der Waals surface area contributed by atoms with Crippen molar-refractivity contribution in [1.29, 1.82) is 0 Å². The molecule has 0 spiro atoms. The highest BCUT2D eigenvalue weighted by Gasteiger charge is 2.37. The molecule has 2 aromatic rings. The Labute approximate surface area is 167 Å². The minimum absolute atomic E-state index is 0.163. The standard InChI is InChI=1S/C21H21N3O3S/c1-2-9-23-13-15(16-7-3-4-8-17(16)23)12-18-20(26)24(21(27)28-18)14-19(25)22-10-5-6-11-22/h2-4,7-8,12-13H,1,5-6,9-11,14H2. The van der Waals surface area contributed by atoms with Crippen LogP contribution in [0.2, 0.25) is 0 Å². The zero-order chi connectivity index (χ0) is 19.7. The number of nitrogens with zero attached hydrogens (tertiary/aromatic N) is 3. The Morgan fingerprint density at radius 1 is 1.18 bits per heavy atom. The molecule has 6 nitrogen and oxygen atoms in total. The Hall–Kier alpha value is -2.80. The molecule has 1 aromatic heterocycles. The van der Waals surface area contributed by atoms with Crippen molar-refractivity contribution in [2.75, 3.05) is 19.6 Å². The predicted octanol–water partition coefficient (Wildman–Crippen LogP) is 3.49. The van der Waals surface area contributed by atoms with Crippen LogP contribution in [0.3, 0.4) is 0 Å². The normalized spacial score (nSPS) is 18.6. The van der Waals surface area contributed by atoms with Gasteiger partial charge in [0.1, 0.15) is 6.54 Å². The maximum absolute atomic E-state index is 12.8. The molecule has 0 saturated carbocycles. The highest BCUT2D eigenvalue weighted by molar-refractivity contribution is 8.18. The van der Waals surface area contributed by atoms with E-state index in [9.17, 15) is 14.4 Å². The van der Waals surface area contributed by atoms with Gasteiger partial charge in [-0.05, 0) is 36.7 Å². The number of fused-ring (bicyclic) bond motifs is 1. The first-order chi connectivity index (χ1) is 13.6. The van der Waals surface area contributed by atoms with E-state index in [0.29, 0.717) is 24.5 Å². The summed E-state index contributed by atoms with van der Waals surface area (Å²) in [5, 5.41) is 0.614. The van der Waals surface area contributed by atoms with E-state index in [-0.39, 0.29) is 12.5 Å². The van der Waals surface area contributed by atoms with Crippen molar-refractivity contribution in [2.24, 2.45) is 0 Å². The largest absolute Gasteiger partial charge is 0.343 e. The van der Waals surface area contributed by atoms with Crippen molar-refractivity contribution >= 4 is 45.8 Å². The monoisotopic (exact) mass is 395 g/mol. The van der Waals surface area contributed by atoms with E-state index in [4.69, 9.17) is 0 Å². The Morgan fingerprint density at radius 3 is 2.68 bits per heavy atom. The predicted molar refractivity (Wildman–Crippen MR) is 111 cm³/mol. The molecule has 0 radical (unpaired) electrons. The first-order valence-electron chi connectivity index (χ1n) is 9.30. The minimum Gasteiger partial charge on any atom is -0.343 e. The van der Waals surface area contributed by atoms with E-state index >= 15 is 0 Å². The van der Waals surface area contributed by atoms with Crippen LogP contribution < -0.4 is 0 Å². The zero-order valence-corrected chi connectivity index (χ0v) is 16.3. The van der Waals surface area contributed by atoms with E-state index in [1.807, 2.05) is 36.5 Å². The number of imide groups is 1. The number of carbonyl (C=O) groups is 3. The molecule has 0 bridgehead atoms. The van der Waals surface area contributed by atoms with Crippen molar-refractivity contribution in [2.45, 2.75) is 19.4 Å². The maximum atomic E-state index is 12.8. The number of carbonyl (C=O) groups excluding carboxylic acids is 3. The van der Waals surface area contributed by atoms with Crippen LogP contribution >= 0.6 is 11.8 Å². The average molecular weight is 395 g/mol. The molecule has 2 aliphatic rings. The zero-order valence-electron chi connectivity index (χ0n) is 15.5. The smallest absolute Gasteiger partial charge is 0.294 e. The van der Waals surface area contributed by atoms with Crippen LogP contribution in [-0.2, 0) is 16.1 Å². The first kappa shape index (κ1) is 18.6. The molecule has 0 aliphatic carbocycles. The second kappa shape index (κ2) is 7.67. The number of aromatic nitrogens is 1. The molecule has 3 amide bonds. The van der Waals surface area contributed by atoms with Gasteiger partial charge >= 0.3 is 0 Å². The van der Waals surface area contributed by atoms with Crippen molar-refractivity contribution < 1.29 is 14.4 Å². The molecule has 2 aliphatic heterocycles. The second-order valence-electron chi connectivity index (χ2n) is 6.90. The third-order valence-corrected chi connectivity index (χ3v) is 5.96. The van der Waals surface area contributed by atoms with Crippen LogP contribution in [0.15, 0.2) is 48.0 Å². The fraction of sp³-hybridized carbons (Fsp3) is 0.286. The summed E-state index contributed by atoms with van der Waals surface area (Å²) in [5.74, 6) is -0.563. The summed E-state index contributed by atoms with van der Waals surface area (Å²) < 4.78 is 2.05. The molecule has 7 heteroatoms. The molecule has 2 saturated heterocycles. The number of hydrogen-bond acceptors (Lipinski definition) is 4. The summed E-state index contributed by atoms with van der Waals surface area (Å²) >= 11 is 0.891. The molecule has 0 unspecified atom stereocenters. The van der Waals surface area contributed by atoms with Gasteiger partial charge in [-0.2, -0.15) is 0 Å². The number of hydrogen-bond donors (Lipinski definition) is 0. The second-order valence-corrected chi connectivity index (χ2v) is 7.89. The molecular formula is C21H21N3O3S. The van der Waals surface area contributed by atoms with Gasteiger partial charge in [-0.3, -0.25) is 19.3 Å². The Bertz CT molecular complexity index is 1000. The number of thioether (sulfide) groups is 1. The molecule has 28 heavy (non-hydrogen) atoms. The molecular weight excluding hydrogens is 374 g/mol. The summed E-state index contributed by atoms with van der Waals surface area (Å²) in [6.45, 7) is 5.66. The first-order valence-corrected chi connectivity index (χ1v) is 10.1. The van der Waals surface area contributed by atoms with Gasteiger partial charge < -0.3 is 9.47 Å². The summed E-state index contributed by atoms with van der Waals surface area (Å²) in [7, 11) is 0. The number of amides is 3. The molecule has 2 fully saturated rings. The van der Waals surface area contributed by atoms with E-state index in [1.165, 1.54) is 0 Å². The third kappa shape index (κ3) is 3.38. The van der Waals surface area contributed by atoms with E-state index in [2.05, 4.69) is 11.1 Å². The number of benzene rings is 1. The molecule has 3 heterocycles. The quantitative estimate of drug-likeness (QED) is 0.574. The fourth-order valence-corrected chi connectivity index (χ4v) is 4.49. The summed E-state index contributed by atoms with van der Waals surface area (Å²) in [5.41, 5.74) is 1.91. The number of likely N-dealkylation sites (tertiary alicyclic amines) is 1. The van der Waals surface area contributed by atoms with Crippen LogP contribution in [0, 0.1) is 0 Å². The van der Waals surface area contributed by atoms with Crippen LogP contribution in [0.4, 0.5) is 4.79 Å². The van der Waals surface area contributed by atoms with Crippen molar-refractivity contribution in [1.82, 2.24) is 14.4 Å². The Balaban J connectivity index is 1.60. The minimum atomic E-state index is -0.400. The fourth-order valence-electron chi connectivity index (χ4n) is 3.66. The topological polar surface area (TPSA) is 62.6 Å². The Kier molecular flexibility index (Phi) is 5.09. The van der Waals surface area contributed by atoms with Gasteiger partial charge in [0.2, 0.25) is 5.91 Å². The lowest BCUT2D eigenvalue weighted by atomic mass is 10.1. The molecule has 1 aromatic carbocycles. The van der Waals surface area contributed by atoms with Crippen molar-refractivity contribution in [3.63, 3.8) is 0 Å². The highest BCUT2D eigenvalue weighted by Crippen LogP contribution is 2.34. The summed E-state index contributed by atoms with van der Waals surface area (Å²) in [6.07, 6.45) is 7.46. The van der Waals surface area contributed by atoms with E-state index in [0.717, 1.165) is 46.0 Å². The lowest BCUT2D eigenvalue weighted by Crippen LogP contribution is -2.40. The van der Waals surface area contributed by atoms with Crippen LogP contribution in [0.1, 0.15) is 18.4 Å². The SMILES string of the molecule is C=CCn1cc(C=C2SC(=O)N(CC(=O)N3CCCC3)C2=O)c2ccccc21. The van der Waals surface area contributed by atoms with Crippen molar-refractivity contribution in [3.05, 3.63) is 53.6 Å². The van der Waals surface area contributed by atoms with Gasteiger partial charge in [0, 0.05) is 42.3 Å². The molecule has 144 valence electrons. The van der Waals surface area contributed by atoms with Gasteiger partial charge in [-0.1, -0.05) is 24.3 Å². The van der Waals surface area contributed by atoms with Gasteiger partial charge in [-0.15, -0.1) is 6.58 Å². The molecule has 4 rings (SSSR count). The number of para-hydroxylation sites is 1. The lowest BCUT2D eigenvalue weighted by molar-refractivity contribution is -0.135. The Morgan fingerprint density at radius 2 is 1.93 bits per heavy atom. The van der Waals surface area contributed by atoms with Gasteiger partial charge in [-0.25, -0.2) is 0 Å². The van der Waals surface area contributed by atoms with Crippen LogP contribution in [-0.4, -0.2) is 51.1 Å². The van der Waals surface area contributed by atoms with Crippen LogP contribution in [0.25, 0.3) is 17.0 Å². The molecule has 0 atom stereocenters.